The molecule has 2 aliphatic rings. The van der Waals surface area contributed by atoms with Crippen molar-refractivity contribution in [2.24, 2.45) is 0 Å². The van der Waals surface area contributed by atoms with Gasteiger partial charge in [-0.3, -0.25) is 4.79 Å². The molecule has 6 rings (SSSR count). The van der Waals surface area contributed by atoms with Crippen LogP contribution in [0, 0.1) is 6.92 Å². The summed E-state index contributed by atoms with van der Waals surface area (Å²) >= 11 is 1.63. The molecule has 2 aromatic heterocycles. The van der Waals surface area contributed by atoms with Crippen molar-refractivity contribution < 1.29 is 4.79 Å². The molecule has 0 saturated heterocycles. The fourth-order valence-electron chi connectivity index (χ4n) is 4.99. The van der Waals surface area contributed by atoms with Crippen LogP contribution in [0.1, 0.15) is 38.6 Å². The van der Waals surface area contributed by atoms with E-state index in [2.05, 4.69) is 60.1 Å². The minimum absolute atomic E-state index is 0.146. The van der Waals surface area contributed by atoms with Gasteiger partial charge >= 0.3 is 0 Å². The van der Waals surface area contributed by atoms with Gasteiger partial charge in [0.2, 0.25) is 0 Å². The fraction of sp³-hybridized carbons (Fsp3) is 0.214. The number of fused-ring (bicyclic) bond motifs is 3. The second-order valence-electron chi connectivity index (χ2n) is 8.72. The van der Waals surface area contributed by atoms with E-state index in [4.69, 9.17) is 5.10 Å². The molecule has 0 fully saturated rings. The number of aryl methyl sites for hydroxylation is 2. The summed E-state index contributed by atoms with van der Waals surface area (Å²) in [6.45, 7) is 3.51. The Morgan fingerprint density at radius 2 is 1.73 bits per heavy atom. The molecule has 33 heavy (non-hydrogen) atoms. The maximum Gasteiger partial charge on any atom is 0.264 e. The highest BCUT2D eigenvalue weighted by Gasteiger charge is 2.29. The standard InChI is InChI=1S/C28H25N3OS/c1-19-26-24(31(29-19)23-10-6-3-7-11-23)13-12-22-18-25(33-27(22)26)28(32)30-16-14-21(15-17-30)20-8-4-2-5-9-20/h2-11,14,18H,12-13,15-17H2,1H3. The molecule has 4 aromatic rings. The summed E-state index contributed by atoms with van der Waals surface area (Å²) in [4.78, 5) is 17.4. The number of rotatable bonds is 3. The summed E-state index contributed by atoms with van der Waals surface area (Å²) in [5.74, 6) is 0.146. The molecule has 1 amide bonds. The van der Waals surface area contributed by atoms with Gasteiger partial charge in [0, 0.05) is 23.5 Å². The molecule has 0 unspecified atom stereocenters. The number of aromatic nitrogens is 2. The number of amides is 1. The predicted octanol–water partition coefficient (Wildman–Crippen LogP) is 5.94. The first-order chi connectivity index (χ1) is 16.2. The molecule has 5 heteroatoms. The lowest BCUT2D eigenvalue weighted by Gasteiger charge is -2.26. The normalized spacial score (nSPS) is 15.1. The zero-order valence-corrected chi connectivity index (χ0v) is 19.4. The number of carbonyl (C=O) groups is 1. The van der Waals surface area contributed by atoms with Gasteiger partial charge in [0.05, 0.1) is 22.0 Å². The molecule has 0 atom stereocenters. The second kappa shape index (κ2) is 8.16. The quantitative estimate of drug-likeness (QED) is 0.387. The number of carbonyl (C=O) groups excluding carboxylic acids is 1. The zero-order chi connectivity index (χ0) is 22.4. The van der Waals surface area contributed by atoms with E-state index in [1.165, 1.54) is 32.8 Å². The molecular weight excluding hydrogens is 426 g/mol. The molecule has 0 spiro atoms. The van der Waals surface area contributed by atoms with Crippen molar-refractivity contribution in [1.29, 1.82) is 0 Å². The SMILES string of the molecule is Cc1nn(-c2ccccc2)c2c1-c1sc(C(=O)N3CC=C(c4ccccc4)CC3)cc1CC2. The first-order valence-electron chi connectivity index (χ1n) is 11.5. The largest absolute Gasteiger partial charge is 0.334 e. The number of hydrogen-bond donors (Lipinski definition) is 0. The summed E-state index contributed by atoms with van der Waals surface area (Å²) in [6, 6.07) is 22.9. The van der Waals surface area contributed by atoms with Gasteiger partial charge in [-0.2, -0.15) is 5.10 Å². The van der Waals surface area contributed by atoms with Gasteiger partial charge in [-0.05, 0) is 61.1 Å². The molecule has 2 aromatic carbocycles. The first-order valence-corrected chi connectivity index (χ1v) is 12.3. The van der Waals surface area contributed by atoms with E-state index in [-0.39, 0.29) is 5.91 Å². The summed E-state index contributed by atoms with van der Waals surface area (Å²) in [5, 5.41) is 4.86. The Labute approximate surface area is 197 Å². The molecule has 1 aliphatic carbocycles. The summed E-state index contributed by atoms with van der Waals surface area (Å²) in [6.07, 6.45) is 4.99. The van der Waals surface area contributed by atoms with Crippen molar-refractivity contribution >= 4 is 22.8 Å². The van der Waals surface area contributed by atoms with Crippen LogP contribution in [0.4, 0.5) is 0 Å². The van der Waals surface area contributed by atoms with Crippen LogP contribution in [0.5, 0.6) is 0 Å². The maximum atomic E-state index is 13.4. The van der Waals surface area contributed by atoms with Crippen LogP contribution in [0.15, 0.2) is 72.8 Å². The Hall–Kier alpha value is -3.44. The van der Waals surface area contributed by atoms with Crippen molar-refractivity contribution in [1.82, 2.24) is 14.7 Å². The molecule has 0 radical (unpaired) electrons. The van der Waals surface area contributed by atoms with Crippen molar-refractivity contribution in [3.63, 3.8) is 0 Å². The number of benzene rings is 2. The van der Waals surface area contributed by atoms with Crippen molar-refractivity contribution in [2.75, 3.05) is 13.1 Å². The van der Waals surface area contributed by atoms with Crippen LogP contribution in [-0.4, -0.2) is 33.7 Å². The van der Waals surface area contributed by atoms with Gasteiger partial charge in [0.25, 0.3) is 5.91 Å². The number of thiophene rings is 1. The fourth-order valence-corrected chi connectivity index (χ4v) is 6.29. The number of hydrogen-bond acceptors (Lipinski definition) is 3. The number of para-hydroxylation sites is 1. The predicted molar refractivity (Wildman–Crippen MR) is 134 cm³/mol. The molecule has 3 heterocycles. The average Bonchev–Trinajstić information content (AvgIpc) is 3.46. The van der Waals surface area contributed by atoms with Crippen LogP contribution in [0.25, 0.3) is 21.7 Å². The van der Waals surface area contributed by atoms with E-state index in [0.29, 0.717) is 6.54 Å². The van der Waals surface area contributed by atoms with Crippen molar-refractivity contribution in [3.8, 4) is 16.1 Å². The first kappa shape index (κ1) is 20.2. The molecule has 0 bridgehead atoms. The van der Waals surface area contributed by atoms with Crippen molar-refractivity contribution in [2.45, 2.75) is 26.2 Å². The minimum atomic E-state index is 0.146. The lowest BCUT2D eigenvalue weighted by atomic mass is 9.95. The zero-order valence-electron chi connectivity index (χ0n) is 18.6. The van der Waals surface area contributed by atoms with E-state index < -0.39 is 0 Å². The van der Waals surface area contributed by atoms with Crippen LogP contribution in [0.2, 0.25) is 0 Å². The Morgan fingerprint density at radius 3 is 2.45 bits per heavy atom. The van der Waals surface area contributed by atoms with Crippen LogP contribution < -0.4 is 0 Å². The molecule has 164 valence electrons. The van der Waals surface area contributed by atoms with Crippen LogP contribution >= 0.6 is 11.3 Å². The summed E-state index contributed by atoms with van der Waals surface area (Å²) < 4.78 is 2.08. The third-order valence-corrected chi connectivity index (χ3v) is 7.86. The van der Waals surface area contributed by atoms with E-state index in [9.17, 15) is 4.79 Å². The second-order valence-corrected chi connectivity index (χ2v) is 9.77. The highest BCUT2D eigenvalue weighted by atomic mass is 32.1. The average molecular weight is 452 g/mol. The lowest BCUT2D eigenvalue weighted by molar-refractivity contribution is 0.0777. The molecule has 1 aliphatic heterocycles. The lowest BCUT2D eigenvalue weighted by Crippen LogP contribution is -2.34. The van der Waals surface area contributed by atoms with E-state index in [1.54, 1.807) is 11.3 Å². The Kier molecular flexibility index (Phi) is 4.99. The van der Waals surface area contributed by atoms with E-state index in [1.807, 2.05) is 29.2 Å². The smallest absolute Gasteiger partial charge is 0.264 e. The van der Waals surface area contributed by atoms with Gasteiger partial charge in [0.15, 0.2) is 0 Å². The van der Waals surface area contributed by atoms with Gasteiger partial charge in [-0.15, -0.1) is 11.3 Å². The third-order valence-electron chi connectivity index (χ3n) is 6.68. The number of nitrogens with zero attached hydrogens (tertiary/aromatic N) is 3. The molecule has 4 nitrogen and oxygen atoms in total. The van der Waals surface area contributed by atoms with Gasteiger partial charge in [0.1, 0.15) is 0 Å². The molecule has 0 N–H and O–H groups in total. The Balaban J connectivity index is 1.28. The highest BCUT2D eigenvalue weighted by Crippen LogP contribution is 2.42. The Bertz CT molecular complexity index is 1370. The molecule has 0 saturated carbocycles. The maximum absolute atomic E-state index is 13.4. The monoisotopic (exact) mass is 451 g/mol. The third kappa shape index (κ3) is 3.53. The van der Waals surface area contributed by atoms with Crippen molar-refractivity contribution in [3.05, 3.63) is 100 Å². The van der Waals surface area contributed by atoms with Gasteiger partial charge < -0.3 is 4.90 Å². The summed E-state index contributed by atoms with van der Waals surface area (Å²) in [7, 11) is 0. The molecular formula is C28H25N3OS. The van der Waals surface area contributed by atoms with Crippen LogP contribution in [-0.2, 0) is 12.8 Å². The van der Waals surface area contributed by atoms with E-state index >= 15 is 0 Å². The Morgan fingerprint density at radius 1 is 0.970 bits per heavy atom. The van der Waals surface area contributed by atoms with E-state index in [0.717, 1.165) is 42.1 Å². The van der Waals surface area contributed by atoms with Crippen LogP contribution in [0.3, 0.4) is 0 Å². The van der Waals surface area contributed by atoms with Gasteiger partial charge in [-0.1, -0.05) is 54.6 Å². The topological polar surface area (TPSA) is 38.1 Å². The van der Waals surface area contributed by atoms with Gasteiger partial charge in [-0.25, -0.2) is 4.68 Å². The minimum Gasteiger partial charge on any atom is -0.334 e. The highest BCUT2D eigenvalue weighted by molar-refractivity contribution is 7.17. The summed E-state index contributed by atoms with van der Waals surface area (Å²) in [5.41, 5.74) is 8.46.